The van der Waals surface area contributed by atoms with Crippen molar-refractivity contribution < 1.29 is 14.7 Å². The van der Waals surface area contributed by atoms with Crippen molar-refractivity contribution in [3.63, 3.8) is 0 Å². The van der Waals surface area contributed by atoms with Gasteiger partial charge in [0, 0.05) is 82.5 Å². The van der Waals surface area contributed by atoms with Crippen molar-refractivity contribution in [3.8, 4) is 0 Å². The lowest BCUT2D eigenvalue weighted by Crippen LogP contribution is -2.51. The number of hydrogen-bond donors (Lipinski definition) is 1. The summed E-state index contributed by atoms with van der Waals surface area (Å²) in [4.78, 5) is 33.4. The van der Waals surface area contributed by atoms with Crippen molar-refractivity contribution in [1.82, 2.24) is 14.7 Å². The second-order valence-corrected chi connectivity index (χ2v) is 11.2. The molecule has 3 aliphatic heterocycles. The standard InChI is InChI=1S/C29H38N4O3/c1-21(34)31-12-14-32(15-13-31)24-8-9-26-27(16-24)29(2,3)20-33(28(26)36)19-25(35)18-30-11-10-22-6-4-5-7-23(22)17-30/h4-9,16,25,35H,10-15,17-20H2,1-3H3/t25-/m1/s1. The molecule has 0 spiro atoms. The maximum absolute atomic E-state index is 13.4. The SMILES string of the molecule is CC(=O)N1CCN(c2ccc3c(c2)C(C)(C)CN(C[C@H](O)CN2CCc4ccccc4C2)C3=O)CC1. The van der Waals surface area contributed by atoms with E-state index in [0.717, 1.165) is 62.5 Å². The zero-order valence-electron chi connectivity index (χ0n) is 21.7. The Kier molecular flexibility index (Phi) is 6.79. The molecule has 0 aliphatic carbocycles. The van der Waals surface area contributed by atoms with Gasteiger partial charge in [-0.2, -0.15) is 0 Å². The molecule has 7 heteroatoms. The van der Waals surface area contributed by atoms with Gasteiger partial charge in [-0.25, -0.2) is 0 Å². The second-order valence-electron chi connectivity index (χ2n) is 11.2. The molecule has 2 aromatic rings. The van der Waals surface area contributed by atoms with E-state index in [1.807, 2.05) is 21.9 Å². The van der Waals surface area contributed by atoms with Crippen LogP contribution < -0.4 is 4.90 Å². The summed E-state index contributed by atoms with van der Waals surface area (Å²) in [5, 5.41) is 10.9. The van der Waals surface area contributed by atoms with Crippen LogP contribution in [0, 0.1) is 0 Å². The molecule has 2 aromatic carbocycles. The molecular weight excluding hydrogens is 452 g/mol. The quantitative estimate of drug-likeness (QED) is 0.698. The molecule has 5 rings (SSSR count). The number of fused-ring (bicyclic) bond motifs is 2. The number of rotatable bonds is 5. The molecule has 0 aromatic heterocycles. The molecular formula is C29H38N4O3. The predicted octanol–water partition coefficient (Wildman–Crippen LogP) is 2.51. The van der Waals surface area contributed by atoms with Gasteiger partial charge >= 0.3 is 0 Å². The number of hydrogen-bond acceptors (Lipinski definition) is 5. The van der Waals surface area contributed by atoms with Gasteiger partial charge in [-0.3, -0.25) is 14.5 Å². The maximum atomic E-state index is 13.4. The third-order valence-corrected chi connectivity index (χ3v) is 8.04. The van der Waals surface area contributed by atoms with Gasteiger partial charge in [0.2, 0.25) is 5.91 Å². The molecule has 0 saturated carbocycles. The number of nitrogens with zero attached hydrogens (tertiary/aromatic N) is 4. The van der Waals surface area contributed by atoms with Gasteiger partial charge in [0.1, 0.15) is 0 Å². The summed E-state index contributed by atoms with van der Waals surface area (Å²) >= 11 is 0. The minimum absolute atomic E-state index is 0.000291. The van der Waals surface area contributed by atoms with E-state index in [4.69, 9.17) is 0 Å². The first-order valence-corrected chi connectivity index (χ1v) is 13.1. The van der Waals surface area contributed by atoms with Crippen molar-refractivity contribution in [2.24, 2.45) is 0 Å². The molecule has 1 saturated heterocycles. The normalized spacial score (nSPS) is 20.7. The minimum atomic E-state index is -0.589. The van der Waals surface area contributed by atoms with Crippen LogP contribution in [-0.4, -0.2) is 90.1 Å². The summed E-state index contributed by atoms with van der Waals surface area (Å²) in [6.45, 7) is 12.3. The van der Waals surface area contributed by atoms with Crippen LogP contribution in [0.2, 0.25) is 0 Å². The van der Waals surface area contributed by atoms with E-state index < -0.39 is 6.10 Å². The van der Waals surface area contributed by atoms with Crippen molar-refractivity contribution in [2.45, 2.75) is 45.3 Å². The molecule has 0 unspecified atom stereocenters. The van der Waals surface area contributed by atoms with Gasteiger partial charge in [0.15, 0.2) is 0 Å². The molecule has 0 radical (unpaired) electrons. The highest BCUT2D eigenvalue weighted by atomic mass is 16.3. The Morgan fingerprint density at radius 3 is 2.44 bits per heavy atom. The molecule has 1 atom stereocenters. The first kappa shape index (κ1) is 24.8. The minimum Gasteiger partial charge on any atom is -0.390 e. The maximum Gasteiger partial charge on any atom is 0.254 e. The van der Waals surface area contributed by atoms with E-state index in [9.17, 15) is 14.7 Å². The number of aliphatic hydroxyl groups excluding tert-OH is 1. The van der Waals surface area contributed by atoms with Gasteiger partial charge in [0.05, 0.1) is 6.10 Å². The van der Waals surface area contributed by atoms with Gasteiger partial charge in [0.25, 0.3) is 5.91 Å². The number of anilines is 1. The average molecular weight is 491 g/mol. The summed E-state index contributed by atoms with van der Waals surface area (Å²) in [6.07, 6.45) is 0.409. The van der Waals surface area contributed by atoms with E-state index in [1.165, 1.54) is 11.1 Å². The molecule has 1 fully saturated rings. The number of β-amino-alcohol motifs (C(OH)–C–C–N with tert-alkyl or cyclic N) is 1. The van der Waals surface area contributed by atoms with Crippen LogP contribution in [0.4, 0.5) is 5.69 Å². The number of benzene rings is 2. The van der Waals surface area contributed by atoms with Crippen LogP contribution in [0.3, 0.4) is 0 Å². The van der Waals surface area contributed by atoms with E-state index >= 15 is 0 Å². The highest BCUT2D eigenvalue weighted by molar-refractivity contribution is 5.98. The fraction of sp³-hybridized carbons (Fsp3) is 0.517. The Hall–Kier alpha value is -2.90. The van der Waals surface area contributed by atoms with Gasteiger partial charge in [-0.15, -0.1) is 0 Å². The summed E-state index contributed by atoms with van der Waals surface area (Å²) in [7, 11) is 0. The lowest BCUT2D eigenvalue weighted by molar-refractivity contribution is -0.129. The number of aliphatic hydroxyl groups is 1. The molecule has 2 amide bonds. The fourth-order valence-corrected chi connectivity index (χ4v) is 6.03. The Morgan fingerprint density at radius 2 is 1.72 bits per heavy atom. The molecule has 192 valence electrons. The summed E-state index contributed by atoms with van der Waals surface area (Å²) in [6, 6.07) is 14.7. The highest BCUT2D eigenvalue weighted by Gasteiger charge is 2.38. The number of carbonyl (C=O) groups is 2. The summed E-state index contributed by atoms with van der Waals surface area (Å²) < 4.78 is 0. The van der Waals surface area contributed by atoms with Crippen LogP contribution in [-0.2, 0) is 23.2 Å². The van der Waals surface area contributed by atoms with Crippen molar-refractivity contribution in [3.05, 3.63) is 64.7 Å². The van der Waals surface area contributed by atoms with Gasteiger partial charge < -0.3 is 19.8 Å². The lowest BCUT2D eigenvalue weighted by Gasteiger charge is -2.42. The lowest BCUT2D eigenvalue weighted by atomic mass is 9.77. The van der Waals surface area contributed by atoms with Crippen molar-refractivity contribution >= 4 is 17.5 Å². The van der Waals surface area contributed by atoms with E-state index in [0.29, 0.717) is 19.6 Å². The van der Waals surface area contributed by atoms with Crippen LogP contribution in [0.25, 0.3) is 0 Å². The van der Waals surface area contributed by atoms with Crippen LogP contribution in [0.15, 0.2) is 42.5 Å². The Bertz CT molecular complexity index is 1140. The van der Waals surface area contributed by atoms with Crippen LogP contribution in [0.1, 0.15) is 47.8 Å². The third-order valence-electron chi connectivity index (χ3n) is 8.04. The summed E-state index contributed by atoms with van der Waals surface area (Å²) in [5.74, 6) is 0.125. The Labute approximate surface area is 214 Å². The number of amides is 2. The van der Waals surface area contributed by atoms with Crippen molar-refractivity contribution in [1.29, 1.82) is 0 Å². The third kappa shape index (κ3) is 5.00. The molecule has 3 aliphatic rings. The zero-order valence-corrected chi connectivity index (χ0v) is 21.7. The first-order valence-electron chi connectivity index (χ1n) is 13.1. The summed E-state index contributed by atoms with van der Waals surface area (Å²) in [5.41, 5.74) is 5.42. The largest absolute Gasteiger partial charge is 0.390 e. The van der Waals surface area contributed by atoms with Crippen LogP contribution >= 0.6 is 0 Å². The van der Waals surface area contributed by atoms with E-state index in [1.54, 1.807) is 6.92 Å². The molecule has 3 heterocycles. The fourth-order valence-electron chi connectivity index (χ4n) is 6.03. The van der Waals surface area contributed by atoms with E-state index in [2.05, 4.69) is 54.0 Å². The topological polar surface area (TPSA) is 67.3 Å². The van der Waals surface area contributed by atoms with Gasteiger partial charge in [-0.05, 0) is 41.3 Å². The van der Waals surface area contributed by atoms with Crippen molar-refractivity contribution in [2.75, 3.05) is 57.3 Å². The Balaban J connectivity index is 1.24. The molecule has 1 N–H and O–H groups in total. The number of carbonyl (C=O) groups excluding carboxylic acids is 2. The molecule has 0 bridgehead atoms. The smallest absolute Gasteiger partial charge is 0.254 e. The monoisotopic (exact) mass is 490 g/mol. The van der Waals surface area contributed by atoms with Crippen LogP contribution in [0.5, 0.6) is 0 Å². The highest BCUT2D eigenvalue weighted by Crippen LogP contribution is 2.36. The van der Waals surface area contributed by atoms with E-state index in [-0.39, 0.29) is 17.2 Å². The predicted molar refractivity (Wildman–Crippen MR) is 141 cm³/mol. The Morgan fingerprint density at radius 1 is 1.00 bits per heavy atom. The first-order chi connectivity index (χ1) is 17.2. The second kappa shape index (κ2) is 9.87. The molecule has 7 nitrogen and oxygen atoms in total. The molecule has 36 heavy (non-hydrogen) atoms. The van der Waals surface area contributed by atoms with Gasteiger partial charge in [-0.1, -0.05) is 38.1 Å². The average Bonchev–Trinajstić information content (AvgIpc) is 2.86. The zero-order chi connectivity index (χ0) is 25.4. The number of piperazine rings is 1.